The molecule has 0 spiro atoms. The first-order valence-corrected chi connectivity index (χ1v) is 11.5. The number of allylic oxidation sites excluding steroid dienone is 3. The molecule has 0 aliphatic carbocycles. The van der Waals surface area contributed by atoms with Gasteiger partial charge in [0.05, 0.1) is 6.07 Å². The Bertz CT molecular complexity index is 754. The molecule has 0 bridgehead atoms. The molecule has 0 aromatic heterocycles. The second-order valence-corrected chi connectivity index (χ2v) is 7.91. The molecule has 0 radical (unpaired) electrons. The molecule has 31 heavy (non-hydrogen) atoms. The van der Waals surface area contributed by atoms with E-state index in [1.54, 1.807) is 0 Å². The average molecular weight is 419 g/mol. The van der Waals surface area contributed by atoms with Crippen LogP contribution in [0.15, 0.2) is 84.6 Å². The summed E-state index contributed by atoms with van der Waals surface area (Å²) in [5.74, 6) is 0.729. The molecule has 1 N–H and O–H groups in total. The molecule has 2 aromatic carbocycles. The lowest BCUT2D eigenvalue weighted by atomic mass is 9.95. The molecule has 0 saturated carbocycles. The van der Waals surface area contributed by atoms with Crippen LogP contribution in [-0.4, -0.2) is 0 Å². The van der Waals surface area contributed by atoms with Gasteiger partial charge in [0.25, 0.3) is 0 Å². The lowest BCUT2D eigenvalue weighted by Gasteiger charge is -2.10. The van der Waals surface area contributed by atoms with Crippen LogP contribution in [0.4, 0.5) is 0 Å². The second-order valence-electron chi connectivity index (χ2n) is 7.91. The molecule has 0 saturated heterocycles. The highest BCUT2D eigenvalue weighted by Gasteiger charge is 2.03. The van der Waals surface area contributed by atoms with Crippen LogP contribution in [0.2, 0.25) is 0 Å². The van der Waals surface area contributed by atoms with Crippen molar-refractivity contribution in [1.82, 2.24) is 5.32 Å². The highest BCUT2D eigenvalue weighted by atomic mass is 14.9. The minimum absolute atomic E-state index is 0.729. The number of benzene rings is 2. The monoisotopic (exact) mass is 418 g/mol. The molecule has 1 unspecified atom stereocenters. The molecule has 0 heterocycles. The molecule has 2 rings (SSSR count). The van der Waals surface area contributed by atoms with E-state index in [0.29, 0.717) is 0 Å². The third kappa shape index (κ3) is 16.7. The lowest BCUT2D eigenvalue weighted by molar-refractivity contribution is 0.598. The van der Waals surface area contributed by atoms with Crippen LogP contribution >= 0.6 is 0 Å². The fourth-order valence-corrected chi connectivity index (χ4v) is 2.63. The van der Waals surface area contributed by atoms with Gasteiger partial charge in [-0.2, -0.15) is 5.26 Å². The average Bonchev–Trinajstić information content (AvgIpc) is 2.80. The second kappa shape index (κ2) is 19.2. The van der Waals surface area contributed by atoms with E-state index in [4.69, 9.17) is 5.26 Å². The molecular weight excluding hydrogens is 376 g/mol. The summed E-state index contributed by atoms with van der Waals surface area (Å²) >= 11 is 0. The van der Waals surface area contributed by atoms with E-state index in [2.05, 4.69) is 63.0 Å². The van der Waals surface area contributed by atoms with E-state index in [1.807, 2.05) is 50.2 Å². The zero-order valence-corrected chi connectivity index (χ0v) is 20.3. The maximum Gasteiger partial charge on any atom is 0.0930 e. The number of rotatable bonds is 9. The summed E-state index contributed by atoms with van der Waals surface area (Å²) in [5.41, 5.74) is 4.85. The summed E-state index contributed by atoms with van der Waals surface area (Å²) in [7, 11) is 0. The van der Waals surface area contributed by atoms with Crippen LogP contribution in [0.5, 0.6) is 0 Å². The third-order valence-electron chi connectivity index (χ3n) is 4.91. The van der Waals surface area contributed by atoms with Crippen LogP contribution < -0.4 is 5.32 Å². The van der Waals surface area contributed by atoms with E-state index < -0.39 is 0 Å². The third-order valence-corrected chi connectivity index (χ3v) is 4.91. The molecular formula is C29H42N2. The highest BCUT2D eigenvalue weighted by molar-refractivity contribution is 5.18. The summed E-state index contributed by atoms with van der Waals surface area (Å²) in [6, 6.07) is 22.9. The van der Waals surface area contributed by atoms with Crippen molar-refractivity contribution in [1.29, 1.82) is 5.26 Å². The summed E-state index contributed by atoms with van der Waals surface area (Å²) in [6.07, 6.45) is 8.01. The Hall–Kier alpha value is -2.79. The molecule has 2 heteroatoms. The van der Waals surface area contributed by atoms with E-state index in [1.165, 1.54) is 48.5 Å². The predicted molar refractivity (Wildman–Crippen MR) is 137 cm³/mol. The Labute approximate surface area is 191 Å². The Morgan fingerprint density at radius 2 is 1.55 bits per heavy atom. The van der Waals surface area contributed by atoms with Crippen molar-refractivity contribution in [2.24, 2.45) is 0 Å². The first kappa shape index (κ1) is 28.2. The Balaban J connectivity index is 0.000000479. The van der Waals surface area contributed by atoms with Gasteiger partial charge in [0.2, 0.25) is 0 Å². The topological polar surface area (TPSA) is 35.8 Å². The molecule has 168 valence electrons. The Kier molecular flexibility index (Phi) is 17.5. The van der Waals surface area contributed by atoms with Crippen molar-refractivity contribution in [2.45, 2.75) is 79.2 Å². The maximum atomic E-state index is 8.37. The standard InChI is InChI=1S/C13H20.C11H12N2.C5H10/c1-3-4-6-9-12(2)13-10-7-5-8-11-13;1-10(7-8-12)13-9-11-5-3-2-4-6-11;1-4-5(2)3/h5,7-8,10-12H,3-4,6,9H2,1-2H3;2-7,13H,9H2,1H3;2,4H2,1,3H3/b;10-7+;. The van der Waals surface area contributed by atoms with Gasteiger partial charge in [-0.25, -0.2) is 0 Å². The lowest BCUT2D eigenvalue weighted by Crippen LogP contribution is -2.09. The van der Waals surface area contributed by atoms with Gasteiger partial charge in [-0.1, -0.05) is 106 Å². The van der Waals surface area contributed by atoms with Crippen LogP contribution in [0, 0.1) is 11.3 Å². The summed E-state index contributed by atoms with van der Waals surface area (Å²) in [5, 5.41) is 11.5. The number of nitriles is 1. The van der Waals surface area contributed by atoms with Crippen LogP contribution in [0.25, 0.3) is 0 Å². The first-order valence-electron chi connectivity index (χ1n) is 11.5. The zero-order valence-electron chi connectivity index (χ0n) is 20.3. The molecule has 2 aromatic rings. The Morgan fingerprint density at radius 1 is 1.00 bits per heavy atom. The predicted octanol–water partition coefficient (Wildman–Crippen LogP) is 8.55. The normalized spacial score (nSPS) is 11.0. The molecule has 0 aliphatic heterocycles. The van der Waals surface area contributed by atoms with E-state index in [-0.39, 0.29) is 0 Å². The fourth-order valence-electron chi connectivity index (χ4n) is 2.63. The van der Waals surface area contributed by atoms with Crippen molar-refractivity contribution >= 4 is 0 Å². The molecule has 1 atom stereocenters. The van der Waals surface area contributed by atoms with Gasteiger partial charge >= 0.3 is 0 Å². The number of unbranched alkanes of at least 4 members (excludes halogenated alkanes) is 2. The van der Waals surface area contributed by atoms with Crippen molar-refractivity contribution in [3.8, 4) is 6.07 Å². The number of hydrogen-bond donors (Lipinski definition) is 1. The fraction of sp³-hybridized carbons (Fsp3) is 0.414. The summed E-state index contributed by atoms with van der Waals surface area (Å²) < 4.78 is 0. The van der Waals surface area contributed by atoms with Crippen LogP contribution in [0.1, 0.15) is 83.8 Å². The summed E-state index contributed by atoms with van der Waals surface area (Å²) in [6.45, 7) is 15.0. The first-order chi connectivity index (χ1) is 14.9. The van der Waals surface area contributed by atoms with E-state index >= 15 is 0 Å². The Morgan fingerprint density at radius 3 is 2.03 bits per heavy atom. The molecule has 2 nitrogen and oxygen atoms in total. The maximum absolute atomic E-state index is 8.37. The number of hydrogen-bond acceptors (Lipinski definition) is 2. The largest absolute Gasteiger partial charge is 0.384 e. The van der Waals surface area contributed by atoms with Crippen molar-refractivity contribution in [2.75, 3.05) is 0 Å². The van der Waals surface area contributed by atoms with Gasteiger partial charge in [-0.3, -0.25) is 0 Å². The van der Waals surface area contributed by atoms with E-state index in [0.717, 1.165) is 24.6 Å². The minimum atomic E-state index is 0.729. The quantitative estimate of drug-likeness (QED) is 0.251. The molecule has 0 aliphatic rings. The SMILES string of the molecule is C/C(=C\C#N)NCc1ccccc1.C=C(C)CC.CCCCCC(C)c1ccccc1. The van der Waals surface area contributed by atoms with Crippen molar-refractivity contribution < 1.29 is 0 Å². The van der Waals surface area contributed by atoms with Gasteiger partial charge in [-0.15, -0.1) is 6.58 Å². The van der Waals surface area contributed by atoms with Gasteiger partial charge in [0.15, 0.2) is 0 Å². The van der Waals surface area contributed by atoms with Crippen molar-refractivity contribution in [3.63, 3.8) is 0 Å². The van der Waals surface area contributed by atoms with Gasteiger partial charge in [-0.05, 0) is 43.7 Å². The summed E-state index contributed by atoms with van der Waals surface area (Å²) in [4.78, 5) is 0. The smallest absolute Gasteiger partial charge is 0.0930 e. The van der Waals surface area contributed by atoms with Crippen molar-refractivity contribution in [3.05, 3.63) is 95.7 Å². The van der Waals surface area contributed by atoms with Gasteiger partial charge in [0, 0.05) is 18.3 Å². The van der Waals surface area contributed by atoms with Gasteiger partial charge in [0.1, 0.15) is 0 Å². The number of nitrogens with one attached hydrogen (secondary N) is 1. The highest BCUT2D eigenvalue weighted by Crippen LogP contribution is 2.21. The van der Waals surface area contributed by atoms with Crippen LogP contribution in [0.3, 0.4) is 0 Å². The van der Waals surface area contributed by atoms with Gasteiger partial charge < -0.3 is 5.32 Å². The zero-order chi connectivity index (χ0) is 23.3. The molecule has 0 amide bonds. The van der Waals surface area contributed by atoms with E-state index in [9.17, 15) is 0 Å². The minimum Gasteiger partial charge on any atom is -0.384 e. The van der Waals surface area contributed by atoms with Crippen LogP contribution in [-0.2, 0) is 6.54 Å². The molecule has 0 fully saturated rings. The number of nitrogens with zero attached hydrogens (tertiary/aromatic N) is 1.